The van der Waals surface area contributed by atoms with Gasteiger partial charge in [0.05, 0.1) is 28.8 Å². The standard InChI is InChI=1S/C21H21N7S/c22-13-2-1-8-28(12-13)19-5-6-24-18-11-26-17(10-14(18)19)20-15(23)3-4-16(27-20)21-25-7-9-29-21/h3-7,9-11,13H,1-2,8,12,22-23H2/t13-/m0/s1. The largest absolute Gasteiger partial charge is 0.397 e. The van der Waals surface area contributed by atoms with Gasteiger partial charge in [0.15, 0.2) is 0 Å². The van der Waals surface area contributed by atoms with E-state index in [1.54, 1.807) is 23.7 Å². The van der Waals surface area contributed by atoms with Crippen molar-refractivity contribution in [2.45, 2.75) is 18.9 Å². The molecule has 0 amide bonds. The van der Waals surface area contributed by atoms with Gasteiger partial charge in [-0.2, -0.15) is 0 Å². The van der Waals surface area contributed by atoms with Gasteiger partial charge in [-0.05, 0) is 37.1 Å². The first-order valence-electron chi connectivity index (χ1n) is 9.61. The number of piperidine rings is 1. The molecule has 7 nitrogen and oxygen atoms in total. The molecule has 4 N–H and O–H groups in total. The van der Waals surface area contributed by atoms with Crippen molar-refractivity contribution in [1.82, 2.24) is 19.9 Å². The number of rotatable bonds is 3. The first-order chi connectivity index (χ1) is 14.2. The lowest BCUT2D eigenvalue weighted by atomic mass is 10.0. The lowest BCUT2D eigenvalue weighted by molar-refractivity contribution is 0.507. The zero-order chi connectivity index (χ0) is 19.8. The van der Waals surface area contributed by atoms with Crippen molar-refractivity contribution >= 4 is 33.6 Å². The number of nitrogens with two attached hydrogens (primary N) is 2. The summed E-state index contributed by atoms with van der Waals surface area (Å²) in [6, 6.07) is 8.02. The number of thiazole rings is 1. The average molecular weight is 404 g/mol. The zero-order valence-corrected chi connectivity index (χ0v) is 16.6. The number of fused-ring (bicyclic) bond motifs is 1. The molecule has 0 aromatic carbocycles. The Hall–Kier alpha value is -3.10. The third kappa shape index (κ3) is 3.41. The molecule has 5 heterocycles. The van der Waals surface area contributed by atoms with E-state index in [0.717, 1.165) is 58.9 Å². The molecule has 0 aliphatic carbocycles. The van der Waals surface area contributed by atoms with Gasteiger partial charge in [0, 0.05) is 48.0 Å². The van der Waals surface area contributed by atoms with Crippen molar-refractivity contribution in [1.29, 1.82) is 0 Å². The van der Waals surface area contributed by atoms with Gasteiger partial charge in [-0.25, -0.2) is 9.97 Å². The molecule has 1 saturated heterocycles. The minimum atomic E-state index is 0.195. The van der Waals surface area contributed by atoms with Crippen LogP contribution in [-0.2, 0) is 0 Å². The molecule has 146 valence electrons. The Morgan fingerprint density at radius 3 is 2.83 bits per heavy atom. The number of pyridine rings is 3. The van der Waals surface area contributed by atoms with Crippen LogP contribution in [0.25, 0.3) is 33.0 Å². The summed E-state index contributed by atoms with van der Waals surface area (Å²) in [5, 5.41) is 3.83. The van der Waals surface area contributed by atoms with Crippen LogP contribution in [0.15, 0.2) is 48.2 Å². The summed E-state index contributed by atoms with van der Waals surface area (Å²) in [7, 11) is 0. The second-order valence-corrected chi connectivity index (χ2v) is 8.13. The van der Waals surface area contributed by atoms with E-state index in [1.165, 1.54) is 0 Å². The molecule has 29 heavy (non-hydrogen) atoms. The van der Waals surface area contributed by atoms with Crippen LogP contribution in [0.3, 0.4) is 0 Å². The van der Waals surface area contributed by atoms with Crippen LogP contribution in [0.1, 0.15) is 12.8 Å². The summed E-state index contributed by atoms with van der Waals surface area (Å²) < 4.78 is 0. The highest BCUT2D eigenvalue weighted by Crippen LogP contribution is 2.32. The topological polar surface area (TPSA) is 107 Å². The summed E-state index contributed by atoms with van der Waals surface area (Å²) in [4.78, 5) is 20.5. The SMILES string of the molecule is Nc1ccc(-c2nccs2)nc1-c1cc2c(N3CCC[C@H](N)C3)ccnc2cn1. The van der Waals surface area contributed by atoms with E-state index in [-0.39, 0.29) is 6.04 Å². The summed E-state index contributed by atoms with van der Waals surface area (Å²) in [6.07, 6.45) is 7.54. The maximum absolute atomic E-state index is 6.26. The van der Waals surface area contributed by atoms with Crippen molar-refractivity contribution in [3.05, 3.63) is 48.2 Å². The third-order valence-electron chi connectivity index (χ3n) is 5.22. The Morgan fingerprint density at radius 1 is 1.07 bits per heavy atom. The van der Waals surface area contributed by atoms with Gasteiger partial charge in [-0.3, -0.25) is 9.97 Å². The Kier molecular flexibility index (Phi) is 4.57. The molecule has 5 rings (SSSR count). The van der Waals surface area contributed by atoms with Crippen molar-refractivity contribution in [2.24, 2.45) is 5.73 Å². The van der Waals surface area contributed by atoms with Crippen LogP contribution in [0, 0.1) is 0 Å². The molecule has 0 bridgehead atoms. The molecule has 4 aromatic rings. The Labute approximate surface area is 172 Å². The molecule has 0 saturated carbocycles. The molecular formula is C21H21N7S. The smallest absolute Gasteiger partial charge is 0.141 e. The van der Waals surface area contributed by atoms with Crippen LogP contribution in [0.2, 0.25) is 0 Å². The molecule has 0 unspecified atom stereocenters. The van der Waals surface area contributed by atoms with Gasteiger partial charge < -0.3 is 16.4 Å². The number of hydrogen-bond donors (Lipinski definition) is 2. The highest BCUT2D eigenvalue weighted by molar-refractivity contribution is 7.13. The number of nitrogens with zero attached hydrogens (tertiary/aromatic N) is 5. The Balaban J connectivity index is 1.62. The number of hydrogen-bond acceptors (Lipinski definition) is 8. The molecule has 4 aromatic heterocycles. The summed E-state index contributed by atoms with van der Waals surface area (Å²) in [5.41, 5.74) is 17.2. The van der Waals surface area contributed by atoms with E-state index in [9.17, 15) is 0 Å². The number of nitrogen functional groups attached to an aromatic ring is 1. The Bertz CT molecular complexity index is 1160. The van der Waals surface area contributed by atoms with E-state index >= 15 is 0 Å². The van der Waals surface area contributed by atoms with Crippen LogP contribution in [-0.4, -0.2) is 39.1 Å². The monoisotopic (exact) mass is 403 g/mol. The molecule has 1 fully saturated rings. The van der Waals surface area contributed by atoms with Crippen LogP contribution in [0.5, 0.6) is 0 Å². The first-order valence-corrected chi connectivity index (χ1v) is 10.5. The zero-order valence-electron chi connectivity index (χ0n) is 15.8. The number of aromatic nitrogens is 4. The minimum Gasteiger partial charge on any atom is -0.397 e. The Morgan fingerprint density at radius 2 is 2.00 bits per heavy atom. The molecule has 8 heteroatoms. The van der Waals surface area contributed by atoms with Crippen molar-refractivity contribution < 1.29 is 0 Å². The lowest BCUT2D eigenvalue weighted by Gasteiger charge is -2.33. The predicted molar refractivity (Wildman–Crippen MR) is 118 cm³/mol. The van der Waals surface area contributed by atoms with E-state index in [2.05, 4.69) is 19.9 Å². The van der Waals surface area contributed by atoms with Crippen LogP contribution in [0.4, 0.5) is 11.4 Å². The fraction of sp³-hybridized carbons (Fsp3) is 0.238. The second-order valence-electron chi connectivity index (χ2n) is 7.24. The van der Waals surface area contributed by atoms with E-state index in [0.29, 0.717) is 11.4 Å². The molecular weight excluding hydrogens is 382 g/mol. The first kappa shape index (κ1) is 18.0. The van der Waals surface area contributed by atoms with E-state index in [1.807, 2.05) is 35.8 Å². The van der Waals surface area contributed by atoms with Crippen molar-refractivity contribution in [3.63, 3.8) is 0 Å². The highest BCUT2D eigenvalue weighted by Gasteiger charge is 2.20. The fourth-order valence-corrected chi connectivity index (χ4v) is 4.42. The van der Waals surface area contributed by atoms with Crippen molar-refractivity contribution in [2.75, 3.05) is 23.7 Å². The molecule has 1 aliphatic heterocycles. The van der Waals surface area contributed by atoms with Crippen molar-refractivity contribution in [3.8, 4) is 22.1 Å². The maximum atomic E-state index is 6.26. The third-order valence-corrected chi connectivity index (χ3v) is 6.02. The second kappa shape index (κ2) is 7.38. The van der Waals surface area contributed by atoms with Gasteiger partial charge >= 0.3 is 0 Å². The summed E-state index contributed by atoms with van der Waals surface area (Å²) in [5.74, 6) is 0. The molecule has 1 atom stereocenters. The average Bonchev–Trinajstić information content (AvgIpc) is 3.28. The van der Waals surface area contributed by atoms with E-state index in [4.69, 9.17) is 16.5 Å². The van der Waals surface area contributed by atoms with Gasteiger partial charge in [0.1, 0.15) is 10.7 Å². The van der Waals surface area contributed by atoms with Gasteiger partial charge in [0.25, 0.3) is 0 Å². The summed E-state index contributed by atoms with van der Waals surface area (Å²) in [6.45, 7) is 1.83. The van der Waals surface area contributed by atoms with Crippen LogP contribution >= 0.6 is 11.3 Å². The van der Waals surface area contributed by atoms with Crippen LogP contribution < -0.4 is 16.4 Å². The molecule has 0 spiro atoms. The lowest BCUT2D eigenvalue weighted by Crippen LogP contribution is -2.42. The normalized spacial score (nSPS) is 17.0. The fourth-order valence-electron chi connectivity index (χ4n) is 3.81. The quantitative estimate of drug-likeness (QED) is 0.540. The molecule has 1 aliphatic rings. The van der Waals surface area contributed by atoms with Gasteiger partial charge in [0.2, 0.25) is 0 Å². The summed E-state index contributed by atoms with van der Waals surface area (Å²) >= 11 is 1.55. The molecule has 0 radical (unpaired) electrons. The predicted octanol–water partition coefficient (Wildman–Crippen LogP) is 3.33. The minimum absolute atomic E-state index is 0.195. The van der Waals surface area contributed by atoms with Gasteiger partial charge in [-0.15, -0.1) is 11.3 Å². The number of anilines is 2. The van der Waals surface area contributed by atoms with Gasteiger partial charge in [-0.1, -0.05) is 0 Å². The maximum Gasteiger partial charge on any atom is 0.141 e. The highest BCUT2D eigenvalue weighted by atomic mass is 32.1. The van der Waals surface area contributed by atoms with E-state index < -0.39 is 0 Å².